The van der Waals surface area contributed by atoms with Crippen LogP contribution < -0.4 is 5.32 Å². The maximum Gasteiger partial charge on any atom is 0.182 e. The Hall–Kier alpha value is -3.47. The third kappa shape index (κ3) is 3.91. The van der Waals surface area contributed by atoms with Gasteiger partial charge in [-0.2, -0.15) is 0 Å². The van der Waals surface area contributed by atoms with Gasteiger partial charge in [-0.3, -0.25) is 4.21 Å². The van der Waals surface area contributed by atoms with Gasteiger partial charge >= 0.3 is 0 Å². The normalized spacial score (nSPS) is 12.3. The van der Waals surface area contributed by atoms with Crippen LogP contribution in [0.2, 0.25) is 5.02 Å². The van der Waals surface area contributed by atoms with Gasteiger partial charge in [0, 0.05) is 11.3 Å². The van der Waals surface area contributed by atoms with Crippen molar-refractivity contribution in [3.63, 3.8) is 0 Å². The standard InChI is InChI=1S/C21H16ClN7O2S/c22-14-6-2-1-5-13(14)18-16(8-23-20-19-21(25-10-24-19)27-11-26-20)29-17-12(9-32(30)31)4-3-7-15(17)28-18/h1-7,10-11H,8-9H2,(H,30,31)(H2,23,24,25,26,27)/p-1. The first-order valence-corrected chi connectivity index (χ1v) is 11.2. The maximum absolute atomic E-state index is 11.3. The van der Waals surface area contributed by atoms with Crippen molar-refractivity contribution in [2.75, 3.05) is 5.32 Å². The van der Waals surface area contributed by atoms with E-state index in [1.807, 2.05) is 18.2 Å². The number of para-hydroxylation sites is 1. The minimum absolute atomic E-state index is 0.148. The van der Waals surface area contributed by atoms with Gasteiger partial charge in [0.1, 0.15) is 11.8 Å². The number of halogens is 1. The molecule has 3 aromatic heterocycles. The van der Waals surface area contributed by atoms with Crippen molar-refractivity contribution in [3.05, 3.63) is 71.4 Å². The van der Waals surface area contributed by atoms with Crippen molar-refractivity contribution in [1.29, 1.82) is 0 Å². The number of imidazole rings is 1. The molecule has 0 saturated heterocycles. The highest BCUT2D eigenvalue weighted by atomic mass is 35.5. The van der Waals surface area contributed by atoms with E-state index in [0.29, 0.717) is 50.0 Å². The van der Waals surface area contributed by atoms with Crippen LogP contribution in [0.5, 0.6) is 0 Å². The number of hydrogen-bond acceptors (Lipinski definition) is 8. The summed E-state index contributed by atoms with van der Waals surface area (Å²) in [7, 11) is 0. The Morgan fingerprint density at radius 3 is 2.78 bits per heavy atom. The fourth-order valence-electron chi connectivity index (χ4n) is 3.47. The van der Waals surface area contributed by atoms with E-state index in [0.717, 1.165) is 5.56 Å². The van der Waals surface area contributed by atoms with Crippen LogP contribution in [0.4, 0.5) is 5.82 Å². The molecule has 5 rings (SSSR count). The molecule has 0 aliphatic rings. The lowest BCUT2D eigenvalue weighted by Crippen LogP contribution is -2.09. The number of nitrogens with zero attached hydrogens (tertiary/aromatic N) is 5. The Morgan fingerprint density at radius 2 is 1.94 bits per heavy atom. The van der Waals surface area contributed by atoms with Gasteiger partial charge in [0.25, 0.3) is 0 Å². The summed E-state index contributed by atoms with van der Waals surface area (Å²) < 4.78 is 22.7. The number of fused-ring (bicyclic) bond motifs is 2. The quantitative estimate of drug-likeness (QED) is 0.364. The van der Waals surface area contributed by atoms with E-state index >= 15 is 0 Å². The number of rotatable bonds is 6. The second-order valence-corrected chi connectivity index (χ2v) is 8.21. The summed E-state index contributed by atoms with van der Waals surface area (Å²) in [5, 5.41) is 3.79. The fraction of sp³-hybridized carbons (Fsp3) is 0.0952. The van der Waals surface area contributed by atoms with Crippen molar-refractivity contribution >= 4 is 50.7 Å². The molecule has 0 fully saturated rings. The van der Waals surface area contributed by atoms with Gasteiger partial charge in [-0.15, -0.1) is 0 Å². The molecular formula is C21H15ClN7O2S-. The Labute approximate surface area is 189 Å². The molecule has 1 atom stereocenters. The van der Waals surface area contributed by atoms with E-state index in [-0.39, 0.29) is 12.3 Å². The zero-order valence-electron chi connectivity index (χ0n) is 16.4. The van der Waals surface area contributed by atoms with Gasteiger partial charge in [-0.25, -0.2) is 24.9 Å². The van der Waals surface area contributed by atoms with Crippen LogP contribution in [0, 0.1) is 0 Å². The monoisotopic (exact) mass is 464 g/mol. The number of aromatic nitrogens is 6. The predicted molar refractivity (Wildman–Crippen MR) is 122 cm³/mol. The summed E-state index contributed by atoms with van der Waals surface area (Å²) in [4.78, 5) is 25.2. The van der Waals surface area contributed by atoms with E-state index in [4.69, 9.17) is 21.6 Å². The zero-order chi connectivity index (χ0) is 22.1. The largest absolute Gasteiger partial charge is 0.772 e. The van der Waals surface area contributed by atoms with Crippen molar-refractivity contribution in [2.24, 2.45) is 0 Å². The molecule has 160 valence electrons. The van der Waals surface area contributed by atoms with Gasteiger partial charge < -0.3 is 14.9 Å². The molecule has 0 aliphatic heterocycles. The summed E-state index contributed by atoms with van der Waals surface area (Å²) in [5.41, 5.74) is 4.83. The Balaban J connectivity index is 1.64. The molecular weight excluding hydrogens is 450 g/mol. The lowest BCUT2D eigenvalue weighted by molar-refractivity contribution is 0.536. The molecule has 5 aromatic rings. The van der Waals surface area contributed by atoms with Crippen LogP contribution in [0.25, 0.3) is 33.5 Å². The third-order valence-electron chi connectivity index (χ3n) is 4.90. The van der Waals surface area contributed by atoms with Crippen molar-refractivity contribution in [2.45, 2.75) is 12.3 Å². The molecule has 2 aromatic carbocycles. The number of benzene rings is 2. The molecule has 32 heavy (non-hydrogen) atoms. The maximum atomic E-state index is 11.3. The van der Waals surface area contributed by atoms with Crippen LogP contribution in [0.3, 0.4) is 0 Å². The van der Waals surface area contributed by atoms with Gasteiger partial charge in [0.15, 0.2) is 11.5 Å². The summed E-state index contributed by atoms with van der Waals surface area (Å²) >= 11 is 4.21. The number of anilines is 1. The van der Waals surface area contributed by atoms with E-state index in [9.17, 15) is 8.76 Å². The van der Waals surface area contributed by atoms with Gasteiger partial charge in [-0.1, -0.05) is 53.0 Å². The molecule has 0 aliphatic carbocycles. The molecule has 2 N–H and O–H groups in total. The van der Waals surface area contributed by atoms with Crippen LogP contribution in [0.15, 0.2) is 55.1 Å². The smallest absolute Gasteiger partial charge is 0.182 e. The SMILES string of the molecule is O=S([O-])Cc1cccc2nc(-c3ccccc3Cl)c(CNc3ncnc4nc[nH]c34)nc12. The second kappa shape index (κ2) is 8.58. The van der Waals surface area contributed by atoms with Gasteiger partial charge in [0.05, 0.1) is 40.3 Å². The molecule has 0 radical (unpaired) electrons. The number of hydrogen-bond donors (Lipinski definition) is 2. The van der Waals surface area contributed by atoms with E-state index in [1.54, 1.807) is 30.6 Å². The molecule has 9 nitrogen and oxygen atoms in total. The van der Waals surface area contributed by atoms with Gasteiger partial charge in [0.2, 0.25) is 0 Å². The molecule has 3 heterocycles. The minimum atomic E-state index is -2.25. The average molecular weight is 465 g/mol. The Bertz CT molecular complexity index is 1470. The summed E-state index contributed by atoms with van der Waals surface area (Å²) in [6.07, 6.45) is 2.97. The Kier molecular flexibility index (Phi) is 5.48. The number of H-pyrrole nitrogens is 1. The van der Waals surface area contributed by atoms with Crippen LogP contribution in [-0.2, 0) is 23.4 Å². The Morgan fingerprint density at radius 1 is 1.06 bits per heavy atom. The van der Waals surface area contributed by atoms with Gasteiger partial charge in [-0.05, 0) is 17.7 Å². The highest BCUT2D eigenvalue weighted by molar-refractivity contribution is 7.78. The van der Waals surface area contributed by atoms with Crippen LogP contribution in [-0.4, -0.2) is 38.7 Å². The lowest BCUT2D eigenvalue weighted by atomic mass is 10.1. The number of aromatic amines is 1. The van der Waals surface area contributed by atoms with E-state index in [2.05, 4.69) is 25.3 Å². The topological polar surface area (TPSA) is 132 Å². The van der Waals surface area contributed by atoms with Crippen molar-refractivity contribution in [1.82, 2.24) is 29.9 Å². The second-order valence-electron chi connectivity index (χ2n) is 6.91. The predicted octanol–water partition coefficient (Wildman–Crippen LogP) is 3.61. The van der Waals surface area contributed by atoms with Crippen LogP contribution in [0.1, 0.15) is 11.3 Å². The summed E-state index contributed by atoms with van der Waals surface area (Å²) in [6, 6.07) is 12.7. The summed E-state index contributed by atoms with van der Waals surface area (Å²) in [6.45, 7) is 0.267. The lowest BCUT2D eigenvalue weighted by Gasteiger charge is -2.14. The zero-order valence-corrected chi connectivity index (χ0v) is 18.0. The average Bonchev–Trinajstić information content (AvgIpc) is 3.27. The minimum Gasteiger partial charge on any atom is -0.772 e. The highest BCUT2D eigenvalue weighted by Gasteiger charge is 2.16. The van der Waals surface area contributed by atoms with Crippen molar-refractivity contribution < 1.29 is 8.76 Å². The fourth-order valence-corrected chi connectivity index (χ4v) is 4.18. The number of nitrogens with one attached hydrogen (secondary N) is 2. The molecule has 0 amide bonds. The first-order chi connectivity index (χ1) is 15.6. The van der Waals surface area contributed by atoms with E-state index < -0.39 is 11.1 Å². The molecule has 0 bridgehead atoms. The van der Waals surface area contributed by atoms with E-state index in [1.165, 1.54) is 6.33 Å². The molecule has 11 heteroatoms. The first-order valence-electron chi connectivity index (χ1n) is 9.57. The molecule has 1 unspecified atom stereocenters. The highest BCUT2D eigenvalue weighted by Crippen LogP contribution is 2.31. The van der Waals surface area contributed by atoms with Crippen molar-refractivity contribution in [3.8, 4) is 11.3 Å². The first kappa shape index (κ1) is 20.4. The molecule has 0 spiro atoms. The third-order valence-corrected chi connectivity index (χ3v) is 5.78. The summed E-state index contributed by atoms with van der Waals surface area (Å²) in [5.74, 6) is 0.416. The molecule has 0 saturated carbocycles. The van der Waals surface area contributed by atoms with Crippen LogP contribution >= 0.6 is 11.6 Å².